The van der Waals surface area contributed by atoms with Crippen LogP contribution in [0.3, 0.4) is 0 Å². The van der Waals surface area contributed by atoms with Gasteiger partial charge in [0.05, 0.1) is 5.76 Å². The van der Waals surface area contributed by atoms with Crippen LogP contribution in [-0.2, 0) is 9.68 Å². The van der Waals surface area contributed by atoms with Crippen molar-refractivity contribution < 1.29 is 20.0 Å². The highest BCUT2D eigenvalue weighted by molar-refractivity contribution is 5.69. The molecule has 0 amide bonds. The molecule has 0 aliphatic carbocycles. The zero-order valence-corrected chi connectivity index (χ0v) is 4.09. The van der Waals surface area contributed by atoms with Crippen LogP contribution in [0.4, 0.5) is 0 Å². The molecule has 1 N–H and O–H groups in total. The van der Waals surface area contributed by atoms with Crippen LogP contribution in [0, 0.1) is 0 Å². The summed E-state index contributed by atoms with van der Waals surface area (Å²) in [6, 6.07) is 0. The Morgan fingerprint density at radius 3 is 2.33 bits per heavy atom. The Morgan fingerprint density at radius 1 is 1.78 bits per heavy atom. The van der Waals surface area contributed by atoms with E-state index in [0.717, 1.165) is 0 Å². The molecular formula is C5H9O4-. The van der Waals surface area contributed by atoms with Crippen molar-refractivity contribution in [2.45, 2.75) is 13.8 Å². The van der Waals surface area contributed by atoms with E-state index in [0.29, 0.717) is 0 Å². The van der Waals surface area contributed by atoms with Gasteiger partial charge in [0.2, 0.25) is 0 Å². The van der Waals surface area contributed by atoms with Crippen LogP contribution < -0.4 is 5.26 Å². The molecule has 9 heavy (non-hydrogen) atoms. The van der Waals surface area contributed by atoms with Crippen molar-refractivity contribution in [2.24, 2.45) is 0 Å². The Bertz CT molecular complexity index is 108. The summed E-state index contributed by atoms with van der Waals surface area (Å²) < 4.78 is 0. The minimum Gasteiger partial charge on any atom is -0.664 e. The van der Waals surface area contributed by atoms with Crippen LogP contribution in [-0.4, -0.2) is 11.1 Å². The summed E-state index contributed by atoms with van der Waals surface area (Å²) in [4.78, 5) is 12.9. The van der Waals surface area contributed by atoms with E-state index in [1.54, 1.807) is 0 Å². The molecule has 0 heterocycles. The zero-order valence-electron chi connectivity index (χ0n) is 4.09. The Labute approximate surface area is 53.3 Å². The highest BCUT2D eigenvalue weighted by Crippen LogP contribution is 1.93. The van der Waals surface area contributed by atoms with Crippen LogP contribution in [0.1, 0.15) is 13.8 Å². The monoisotopic (exact) mass is 133 g/mol. The van der Waals surface area contributed by atoms with E-state index in [9.17, 15) is 10.1 Å². The number of aliphatic carboxylic acids is 1. The predicted octanol–water partition coefficient (Wildman–Crippen LogP) is -0.0972. The van der Waals surface area contributed by atoms with Crippen molar-refractivity contribution >= 4 is 5.97 Å². The van der Waals surface area contributed by atoms with Crippen LogP contribution in [0.15, 0.2) is 12.3 Å². The summed E-state index contributed by atoms with van der Waals surface area (Å²) in [6.45, 7) is 3.00. The zero-order chi connectivity index (χ0) is 6.57. The van der Waals surface area contributed by atoms with Gasteiger partial charge in [-0.3, -0.25) is 4.79 Å². The minimum atomic E-state index is -1.12. The third-order valence-electron chi connectivity index (χ3n) is 0.466. The van der Waals surface area contributed by atoms with Crippen LogP contribution in [0.2, 0.25) is 0 Å². The maximum atomic E-state index is 9.69. The van der Waals surface area contributed by atoms with E-state index in [1.165, 1.54) is 0 Å². The first kappa shape index (κ1) is 10.9. The number of rotatable bonds is 3. The SMILES string of the molecule is C.C=C(CC(=O)O)O[O-]. The Morgan fingerprint density at radius 2 is 2.22 bits per heavy atom. The van der Waals surface area contributed by atoms with E-state index in [4.69, 9.17) is 5.11 Å². The number of carboxylic acid groups (broad SMARTS) is 1. The van der Waals surface area contributed by atoms with Gasteiger partial charge in [-0.2, -0.15) is 0 Å². The molecular weight excluding hydrogens is 124 g/mol. The number of hydrogen-bond donors (Lipinski definition) is 1. The van der Waals surface area contributed by atoms with Gasteiger partial charge in [-0.25, -0.2) is 0 Å². The fourth-order valence-corrected chi connectivity index (χ4v) is 0.198. The summed E-state index contributed by atoms with van der Waals surface area (Å²) in [5.74, 6) is -1.40. The fraction of sp³-hybridized carbons (Fsp3) is 0.400. The summed E-state index contributed by atoms with van der Waals surface area (Å²) in [5, 5.41) is 17.2. The molecule has 0 fully saturated rings. The topological polar surface area (TPSA) is 69.6 Å². The molecule has 0 bridgehead atoms. The minimum absolute atomic E-state index is 0. The molecule has 0 rings (SSSR count). The molecule has 0 unspecified atom stereocenters. The smallest absolute Gasteiger partial charge is 0.310 e. The lowest BCUT2D eigenvalue weighted by molar-refractivity contribution is -0.672. The third-order valence-corrected chi connectivity index (χ3v) is 0.466. The molecule has 0 radical (unpaired) electrons. The molecule has 0 aromatic carbocycles. The van der Waals surface area contributed by atoms with Crippen molar-refractivity contribution in [1.29, 1.82) is 0 Å². The molecule has 0 aliphatic heterocycles. The largest absolute Gasteiger partial charge is 0.664 e. The Hall–Kier alpha value is -1.03. The summed E-state index contributed by atoms with van der Waals surface area (Å²) in [7, 11) is 0. The van der Waals surface area contributed by atoms with Gasteiger partial charge in [-0.15, -0.1) is 0 Å². The molecule has 4 nitrogen and oxygen atoms in total. The van der Waals surface area contributed by atoms with Gasteiger partial charge in [0.25, 0.3) is 0 Å². The van der Waals surface area contributed by atoms with Gasteiger partial charge >= 0.3 is 5.97 Å². The number of hydrogen-bond acceptors (Lipinski definition) is 3. The van der Waals surface area contributed by atoms with Gasteiger partial charge in [-0.05, 0) is 0 Å². The molecule has 0 saturated carbocycles. The van der Waals surface area contributed by atoms with Crippen LogP contribution in [0.25, 0.3) is 0 Å². The van der Waals surface area contributed by atoms with Crippen molar-refractivity contribution in [3.63, 3.8) is 0 Å². The molecule has 0 aromatic heterocycles. The molecule has 0 aromatic rings. The van der Waals surface area contributed by atoms with Crippen LogP contribution >= 0.6 is 0 Å². The van der Waals surface area contributed by atoms with Gasteiger partial charge in [0.15, 0.2) is 0 Å². The molecule has 4 heteroatoms. The standard InChI is InChI=1S/C4H6O4.CH4/c1-3(8-7)2-4(5)6;/h7H,1-2H2,(H,5,6);1H4/p-1. The normalized spacial score (nSPS) is 7.22. The first-order valence-corrected chi connectivity index (χ1v) is 1.86. The second kappa shape index (κ2) is 5.11. The van der Waals surface area contributed by atoms with Gasteiger partial charge in [0.1, 0.15) is 6.42 Å². The molecule has 0 spiro atoms. The lowest BCUT2D eigenvalue weighted by Crippen LogP contribution is -2.07. The van der Waals surface area contributed by atoms with Crippen molar-refractivity contribution in [3.05, 3.63) is 12.3 Å². The van der Waals surface area contributed by atoms with Crippen molar-refractivity contribution in [1.82, 2.24) is 0 Å². The molecule has 0 saturated heterocycles. The number of carbonyl (C=O) groups is 1. The average molecular weight is 133 g/mol. The second-order valence-corrected chi connectivity index (χ2v) is 1.19. The lowest BCUT2D eigenvalue weighted by Gasteiger charge is -2.07. The maximum absolute atomic E-state index is 9.69. The lowest BCUT2D eigenvalue weighted by atomic mass is 10.4. The van der Waals surface area contributed by atoms with Gasteiger partial charge < -0.3 is 15.3 Å². The summed E-state index contributed by atoms with van der Waals surface area (Å²) in [6.07, 6.45) is -0.427. The molecule has 54 valence electrons. The Balaban J connectivity index is 0. The molecule has 0 aliphatic rings. The van der Waals surface area contributed by atoms with Crippen molar-refractivity contribution in [2.75, 3.05) is 0 Å². The average Bonchev–Trinajstić information content (AvgIpc) is 1.65. The first-order valence-electron chi connectivity index (χ1n) is 1.86. The van der Waals surface area contributed by atoms with Crippen LogP contribution in [0.5, 0.6) is 0 Å². The summed E-state index contributed by atoms with van der Waals surface area (Å²) in [5.41, 5.74) is 0. The maximum Gasteiger partial charge on any atom is 0.310 e. The Kier molecular flexibility index (Phi) is 6.17. The predicted molar refractivity (Wildman–Crippen MR) is 29.2 cm³/mol. The number of carboxylic acids is 1. The third kappa shape index (κ3) is 6.97. The van der Waals surface area contributed by atoms with E-state index >= 15 is 0 Å². The van der Waals surface area contributed by atoms with E-state index in [-0.39, 0.29) is 13.2 Å². The van der Waals surface area contributed by atoms with E-state index in [2.05, 4.69) is 11.5 Å². The highest BCUT2D eigenvalue weighted by atomic mass is 17.1. The van der Waals surface area contributed by atoms with Gasteiger partial charge in [0, 0.05) is 0 Å². The summed E-state index contributed by atoms with van der Waals surface area (Å²) >= 11 is 0. The van der Waals surface area contributed by atoms with E-state index in [1.807, 2.05) is 0 Å². The quantitative estimate of drug-likeness (QED) is 0.331. The highest BCUT2D eigenvalue weighted by Gasteiger charge is 1.96. The van der Waals surface area contributed by atoms with Crippen molar-refractivity contribution in [3.8, 4) is 0 Å². The first-order chi connectivity index (χ1) is 3.66. The second-order valence-electron chi connectivity index (χ2n) is 1.19. The van der Waals surface area contributed by atoms with Gasteiger partial charge in [-0.1, -0.05) is 14.0 Å². The van der Waals surface area contributed by atoms with E-state index < -0.39 is 12.4 Å². The fourth-order valence-electron chi connectivity index (χ4n) is 0.198. The molecule has 0 atom stereocenters.